The molecule has 1 rings (SSSR count). The molecule has 0 saturated carbocycles. The number of hydrogen-bond acceptors (Lipinski definition) is 6. The molecule has 19 heavy (non-hydrogen) atoms. The minimum atomic E-state index is -0.578. The van der Waals surface area contributed by atoms with Crippen LogP contribution in [0.2, 0.25) is 0 Å². The number of ether oxygens (including phenoxy) is 1. The van der Waals surface area contributed by atoms with Gasteiger partial charge >= 0.3 is 5.97 Å². The van der Waals surface area contributed by atoms with Crippen LogP contribution in [-0.2, 0) is 4.74 Å². The van der Waals surface area contributed by atoms with Gasteiger partial charge in [0.1, 0.15) is 4.88 Å². The molecule has 1 atom stereocenters. The van der Waals surface area contributed by atoms with Gasteiger partial charge in [0.15, 0.2) is 16.6 Å². The van der Waals surface area contributed by atoms with Gasteiger partial charge in [-0.3, -0.25) is 4.79 Å². The van der Waals surface area contributed by atoms with Gasteiger partial charge in [0.25, 0.3) is 0 Å². The topological polar surface area (TPSA) is 68.3 Å². The summed E-state index contributed by atoms with van der Waals surface area (Å²) in [6.45, 7) is 7.75. The highest BCUT2D eigenvalue weighted by Gasteiger charge is 2.22. The SMILES string of the molecule is COC(=O)c1nc(NC(C)CC(C)C)sc1C(C)=O. The molecule has 0 fully saturated rings. The van der Waals surface area contributed by atoms with Crippen LogP contribution >= 0.6 is 11.3 Å². The van der Waals surface area contributed by atoms with Gasteiger partial charge in [0.2, 0.25) is 0 Å². The van der Waals surface area contributed by atoms with Crippen molar-refractivity contribution in [2.45, 2.75) is 40.2 Å². The zero-order valence-electron chi connectivity index (χ0n) is 11.9. The number of nitrogens with zero attached hydrogens (tertiary/aromatic N) is 1. The second-order valence-corrected chi connectivity index (χ2v) is 5.92. The van der Waals surface area contributed by atoms with Gasteiger partial charge in [-0.15, -0.1) is 0 Å². The Morgan fingerprint density at radius 2 is 2.00 bits per heavy atom. The summed E-state index contributed by atoms with van der Waals surface area (Å²) in [5.74, 6) is -0.191. The molecule has 1 N–H and O–H groups in total. The Bertz CT molecular complexity index is 468. The summed E-state index contributed by atoms with van der Waals surface area (Å²) in [7, 11) is 1.28. The molecule has 0 amide bonds. The van der Waals surface area contributed by atoms with Gasteiger partial charge in [-0.25, -0.2) is 9.78 Å². The number of Topliss-reactive ketones (excluding diaryl/α,β-unsaturated/α-hetero) is 1. The van der Waals surface area contributed by atoms with Crippen molar-refractivity contribution >= 4 is 28.2 Å². The number of aromatic nitrogens is 1. The number of rotatable bonds is 6. The maximum atomic E-state index is 11.6. The van der Waals surface area contributed by atoms with Gasteiger partial charge in [-0.1, -0.05) is 25.2 Å². The standard InChI is InChI=1S/C13H20N2O3S/c1-7(2)6-8(3)14-13-15-10(12(17)18-5)11(19-13)9(4)16/h7-8H,6H2,1-5H3,(H,14,15). The Morgan fingerprint density at radius 3 is 2.47 bits per heavy atom. The molecular weight excluding hydrogens is 264 g/mol. The van der Waals surface area contributed by atoms with Crippen molar-refractivity contribution in [3.8, 4) is 0 Å². The second kappa shape index (κ2) is 6.65. The smallest absolute Gasteiger partial charge is 0.358 e. The van der Waals surface area contributed by atoms with Crippen LogP contribution in [-0.4, -0.2) is 29.9 Å². The van der Waals surface area contributed by atoms with E-state index in [9.17, 15) is 9.59 Å². The van der Waals surface area contributed by atoms with E-state index in [1.54, 1.807) is 0 Å². The summed E-state index contributed by atoms with van der Waals surface area (Å²) in [6, 6.07) is 0.233. The lowest BCUT2D eigenvalue weighted by atomic mass is 10.1. The highest BCUT2D eigenvalue weighted by Crippen LogP contribution is 2.25. The molecule has 0 aliphatic rings. The lowest BCUT2D eigenvalue weighted by Gasteiger charge is -2.14. The first-order chi connectivity index (χ1) is 8.85. The number of ketones is 1. The summed E-state index contributed by atoms with van der Waals surface area (Å²) >= 11 is 1.19. The van der Waals surface area contributed by atoms with Crippen molar-refractivity contribution in [3.63, 3.8) is 0 Å². The highest BCUT2D eigenvalue weighted by atomic mass is 32.1. The van der Waals surface area contributed by atoms with Crippen LogP contribution in [0.15, 0.2) is 0 Å². The number of carbonyl (C=O) groups is 2. The van der Waals surface area contributed by atoms with Crippen LogP contribution in [0.1, 0.15) is 54.3 Å². The molecule has 0 spiro atoms. The molecule has 6 heteroatoms. The van der Waals surface area contributed by atoms with Crippen LogP contribution in [0.4, 0.5) is 5.13 Å². The van der Waals surface area contributed by atoms with E-state index in [0.717, 1.165) is 6.42 Å². The van der Waals surface area contributed by atoms with E-state index in [4.69, 9.17) is 0 Å². The highest BCUT2D eigenvalue weighted by molar-refractivity contribution is 7.17. The van der Waals surface area contributed by atoms with Crippen LogP contribution in [0.25, 0.3) is 0 Å². The van der Waals surface area contributed by atoms with Crippen molar-refractivity contribution in [1.82, 2.24) is 4.98 Å². The minimum absolute atomic E-state index is 0.0965. The zero-order chi connectivity index (χ0) is 14.6. The minimum Gasteiger partial charge on any atom is -0.464 e. The molecule has 0 bridgehead atoms. The van der Waals surface area contributed by atoms with Crippen molar-refractivity contribution in [2.75, 3.05) is 12.4 Å². The van der Waals surface area contributed by atoms with Crippen molar-refractivity contribution in [3.05, 3.63) is 10.6 Å². The summed E-state index contributed by atoms with van der Waals surface area (Å²) in [5, 5.41) is 3.80. The molecule has 0 aliphatic heterocycles. The molecule has 1 aromatic heterocycles. The average molecular weight is 284 g/mol. The number of methoxy groups -OCH3 is 1. The fourth-order valence-electron chi connectivity index (χ4n) is 1.83. The fraction of sp³-hybridized carbons (Fsp3) is 0.615. The van der Waals surface area contributed by atoms with Crippen LogP contribution in [0.5, 0.6) is 0 Å². The van der Waals surface area contributed by atoms with E-state index in [1.165, 1.54) is 25.4 Å². The predicted octanol–water partition coefficient (Wildman–Crippen LogP) is 2.98. The number of nitrogens with one attached hydrogen (secondary N) is 1. The molecular formula is C13H20N2O3S. The van der Waals surface area contributed by atoms with Gasteiger partial charge in [-0.2, -0.15) is 0 Å². The van der Waals surface area contributed by atoms with Crippen molar-refractivity contribution in [1.29, 1.82) is 0 Å². The summed E-state index contributed by atoms with van der Waals surface area (Å²) in [6.07, 6.45) is 0.989. The lowest BCUT2D eigenvalue weighted by Crippen LogP contribution is -2.17. The van der Waals surface area contributed by atoms with Gasteiger partial charge in [0, 0.05) is 13.0 Å². The van der Waals surface area contributed by atoms with E-state index in [0.29, 0.717) is 15.9 Å². The molecule has 1 unspecified atom stereocenters. The van der Waals surface area contributed by atoms with Gasteiger partial charge in [-0.05, 0) is 19.3 Å². The predicted molar refractivity (Wildman–Crippen MR) is 76.0 cm³/mol. The quantitative estimate of drug-likeness (QED) is 0.642. The van der Waals surface area contributed by atoms with Crippen molar-refractivity contribution < 1.29 is 14.3 Å². The fourth-order valence-corrected chi connectivity index (χ4v) is 2.79. The normalized spacial score (nSPS) is 12.3. The number of hydrogen-bond donors (Lipinski definition) is 1. The third kappa shape index (κ3) is 4.31. The van der Waals surface area contributed by atoms with Crippen LogP contribution in [0.3, 0.4) is 0 Å². The lowest BCUT2D eigenvalue weighted by molar-refractivity contribution is 0.0591. The molecule has 0 radical (unpaired) electrons. The Kier molecular flexibility index (Phi) is 5.47. The van der Waals surface area contributed by atoms with Crippen LogP contribution < -0.4 is 5.32 Å². The number of anilines is 1. The molecule has 1 aromatic rings. The third-order valence-electron chi connectivity index (χ3n) is 2.52. The van der Waals surface area contributed by atoms with E-state index < -0.39 is 5.97 Å². The Balaban J connectivity index is 2.92. The molecule has 1 heterocycles. The number of thiazole rings is 1. The summed E-state index contributed by atoms with van der Waals surface area (Å²) in [4.78, 5) is 27.6. The zero-order valence-corrected chi connectivity index (χ0v) is 12.8. The largest absolute Gasteiger partial charge is 0.464 e. The number of esters is 1. The van der Waals surface area contributed by atoms with Gasteiger partial charge < -0.3 is 10.1 Å². The van der Waals surface area contributed by atoms with E-state index in [2.05, 4.69) is 28.9 Å². The first-order valence-corrected chi connectivity index (χ1v) is 7.03. The van der Waals surface area contributed by atoms with Gasteiger partial charge in [0.05, 0.1) is 7.11 Å². The monoisotopic (exact) mass is 284 g/mol. The molecule has 106 valence electrons. The molecule has 0 aromatic carbocycles. The Labute approximate surface area is 117 Å². The first kappa shape index (κ1) is 15.6. The maximum Gasteiger partial charge on any atom is 0.358 e. The Morgan fingerprint density at radius 1 is 1.37 bits per heavy atom. The van der Waals surface area contributed by atoms with E-state index in [-0.39, 0.29) is 17.5 Å². The number of carbonyl (C=O) groups excluding carboxylic acids is 2. The summed E-state index contributed by atoms with van der Waals surface area (Å²) in [5.41, 5.74) is 0.0965. The summed E-state index contributed by atoms with van der Waals surface area (Å²) < 4.78 is 4.64. The maximum absolute atomic E-state index is 11.6. The molecule has 0 saturated heterocycles. The Hall–Kier alpha value is -1.43. The molecule has 5 nitrogen and oxygen atoms in total. The average Bonchev–Trinajstić information content (AvgIpc) is 2.70. The van der Waals surface area contributed by atoms with Crippen LogP contribution in [0, 0.1) is 5.92 Å². The van der Waals surface area contributed by atoms with E-state index >= 15 is 0 Å². The molecule has 0 aliphatic carbocycles. The third-order valence-corrected chi connectivity index (χ3v) is 3.61. The second-order valence-electron chi connectivity index (χ2n) is 4.92. The van der Waals surface area contributed by atoms with Crippen molar-refractivity contribution in [2.24, 2.45) is 5.92 Å². The van der Waals surface area contributed by atoms with E-state index in [1.807, 2.05) is 6.92 Å². The first-order valence-electron chi connectivity index (χ1n) is 6.21.